The van der Waals surface area contributed by atoms with E-state index >= 15 is 0 Å². The molecular formula is C21H21FN4O2. The monoisotopic (exact) mass is 380 g/mol. The van der Waals surface area contributed by atoms with E-state index in [2.05, 4.69) is 27.2 Å². The van der Waals surface area contributed by atoms with Crippen LogP contribution in [0.4, 0.5) is 4.39 Å². The van der Waals surface area contributed by atoms with E-state index in [-0.39, 0.29) is 11.5 Å². The van der Waals surface area contributed by atoms with Crippen molar-refractivity contribution in [3.8, 4) is 11.8 Å². The largest absolute Gasteiger partial charge is 0.355 e. The molecule has 6 nitrogen and oxygen atoms in total. The summed E-state index contributed by atoms with van der Waals surface area (Å²) in [4.78, 5) is 28.0. The van der Waals surface area contributed by atoms with E-state index in [0.717, 1.165) is 6.42 Å². The number of aryl methyl sites for hydroxylation is 1. The number of halogens is 1. The average molecular weight is 380 g/mol. The molecule has 1 aliphatic heterocycles. The number of hydrogen-bond acceptors (Lipinski definition) is 3. The molecule has 2 atom stereocenters. The number of nitrogens with zero attached hydrogens (tertiary/aromatic N) is 2. The van der Waals surface area contributed by atoms with Crippen molar-refractivity contribution in [1.29, 1.82) is 0 Å². The second-order valence-corrected chi connectivity index (χ2v) is 7.33. The molecule has 2 N–H and O–H groups in total. The van der Waals surface area contributed by atoms with Crippen LogP contribution in [0.15, 0.2) is 23.1 Å². The fraction of sp³-hybridized carbons (Fsp3) is 0.381. The van der Waals surface area contributed by atoms with Crippen LogP contribution in [0.1, 0.15) is 43.9 Å². The van der Waals surface area contributed by atoms with Gasteiger partial charge >= 0.3 is 0 Å². The van der Waals surface area contributed by atoms with Gasteiger partial charge in [0.1, 0.15) is 0 Å². The number of carbonyl (C=O) groups is 1. The molecule has 2 aromatic rings. The van der Waals surface area contributed by atoms with Gasteiger partial charge in [-0.2, -0.15) is 9.49 Å². The summed E-state index contributed by atoms with van der Waals surface area (Å²) < 4.78 is 16.0. The topological polar surface area (TPSA) is 79.8 Å². The van der Waals surface area contributed by atoms with Gasteiger partial charge < -0.3 is 10.3 Å². The summed E-state index contributed by atoms with van der Waals surface area (Å²) in [7, 11) is 0. The number of aromatic nitrogens is 3. The molecule has 2 aromatic heterocycles. The molecule has 2 aliphatic rings. The van der Waals surface area contributed by atoms with Crippen molar-refractivity contribution >= 4 is 17.8 Å². The first kappa shape index (κ1) is 18.2. The van der Waals surface area contributed by atoms with E-state index in [0.29, 0.717) is 41.3 Å². The molecule has 1 saturated heterocycles. The Morgan fingerprint density at radius 2 is 2.21 bits per heavy atom. The van der Waals surface area contributed by atoms with E-state index in [4.69, 9.17) is 0 Å². The second kappa shape index (κ2) is 6.79. The molecule has 1 fully saturated rings. The fourth-order valence-electron chi connectivity index (χ4n) is 3.88. The summed E-state index contributed by atoms with van der Waals surface area (Å²) in [6, 6.07) is 3.45. The fourth-order valence-corrected chi connectivity index (χ4v) is 3.88. The molecule has 4 rings (SSSR count). The van der Waals surface area contributed by atoms with Crippen LogP contribution in [-0.2, 0) is 16.8 Å². The molecule has 7 heteroatoms. The van der Waals surface area contributed by atoms with Crippen LogP contribution >= 0.6 is 0 Å². The van der Waals surface area contributed by atoms with Gasteiger partial charge in [-0.1, -0.05) is 12.0 Å². The number of piperidine rings is 1. The first-order valence-corrected chi connectivity index (χ1v) is 9.41. The predicted octanol–water partition coefficient (Wildman–Crippen LogP) is 0.418. The molecule has 1 amide bonds. The lowest BCUT2D eigenvalue weighted by molar-refractivity contribution is -0.128. The summed E-state index contributed by atoms with van der Waals surface area (Å²) in [6.07, 6.45) is 4.72. The van der Waals surface area contributed by atoms with Gasteiger partial charge in [-0.3, -0.25) is 14.3 Å². The number of amides is 1. The molecule has 1 aliphatic carbocycles. The van der Waals surface area contributed by atoms with Crippen LogP contribution in [0.3, 0.4) is 0 Å². The molecule has 0 saturated carbocycles. The summed E-state index contributed by atoms with van der Waals surface area (Å²) in [5.74, 6) is 4.25. The Labute approximate surface area is 161 Å². The van der Waals surface area contributed by atoms with Gasteiger partial charge in [0.25, 0.3) is 5.56 Å². The van der Waals surface area contributed by atoms with E-state index in [1.807, 2.05) is 13.0 Å². The number of nitrogens with one attached hydrogen (secondary N) is 2. The minimum Gasteiger partial charge on any atom is -0.355 e. The Kier molecular flexibility index (Phi) is 4.42. The maximum atomic E-state index is 14.3. The molecule has 3 heterocycles. The van der Waals surface area contributed by atoms with Gasteiger partial charge in [-0.25, -0.2) is 0 Å². The summed E-state index contributed by atoms with van der Waals surface area (Å²) >= 11 is 0. The minimum absolute atomic E-state index is 0.133. The SMILES string of the molecule is CCn1ncc2c1=CC(c1ccc([C@@]3(C)CCCNC3=O)c(=O)[nH]1)C#CC=2F. The summed E-state index contributed by atoms with van der Waals surface area (Å²) in [5, 5.41) is 8.02. The van der Waals surface area contributed by atoms with Gasteiger partial charge in [0.2, 0.25) is 5.91 Å². The normalized spacial score (nSPS) is 23.8. The van der Waals surface area contributed by atoms with E-state index in [1.54, 1.807) is 23.7 Å². The highest BCUT2D eigenvalue weighted by Crippen LogP contribution is 2.30. The first-order valence-electron chi connectivity index (χ1n) is 9.41. The van der Waals surface area contributed by atoms with Crippen molar-refractivity contribution in [2.75, 3.05) is 6.54 Å². The Hall–Kier alpha value is -3.14. The highest BCUT2D eigenvalue weighted by molar-refractivity contribution is 5.88. The lowest BCUT2D eigenvalue weighted by Gasteiger charge is -2.32. The predicted molar refractivity (Wildman–Crippen MR) is 103 cm³/mol. The van der Waals surface area contributed by atoms with Crippen molar-refractivity contribution < 1.29 is 9.18 Å². The standard InChI is InChI=1S/C21H21FN4O2/c1-3-26-18-11-13(5-7-16(22)14(18)12-24-26)17-8-6-15(19(27)25-17)21(2)9-4-10-23-20(21)28/h6,8,11-13H,3-4,9-10H2,1-2H3,(H,23,28)(H,25,27)/t13?,21-/m1/s1. The number of fused-ring (bicyclic) bond motifs is 1. The zero-order valence-electron chi connectivity index (χ0n) is 15.8. The van der Waals surface area contributed by atoms with Crippen LogP contribution in [-0.4, -0.2) is 27.2 Å². The van der Waals surface area contributed by atoms with Crippen molar-refractivity contribution in [3.63, 3.8) is 0 Å². The van der Waals surface area contributed by atoms with E-state index in [9.17, 15) is 14.0 Å². The first-order chi connectivity index (χ1) is 13.4. The summed E-state index contributed by atoms with van der Waals surface area (Å²) in [5.41, 5.74) is -0.167. The number of rotatable bonds is 3. The third-order valence-corrected chi connectivity index (χ3v) is 5.58. The summed E-state index contributed by atoms with van der Waals surface area (Å²) in [6.45, 7) is 4.94. The third kappa shape index (κ3) is 2.85. The minimum atomic E-state index is -0.850. The molecule has 0 aromatic carbocycles. The van der Waals surface area contributed by atoms with Crippen molar-refractivity contribution in [3.05, 3.63) is 50.5 Å². The highest BCUT2D eigenvalue weighted by atomic mass is 19.1. The van der Waals surface area contributed by atoms with Gasteiger partial charge in [0, 0.05) is 24.3 Å². The number of pyridine rings is 1. The van der Waals surface area contributed by atoms with Crippen LogP contribution in [0, 0.1) is 11.8 Å². The molecule has 28 heavy (non-hydrogen) atoms. The quantitative estimate of drug-likeness (QED) is 0.758. The molecular weight excluding hydrogens is 359 g/mol. The number of hydrogen-bond donors (Lipinski definition) is 2. The Morgan fingerprint density at radius 1 is 1.39 bits per heavy atom. The van der Waals surface area contributed by atoms with Crippen molar-refractivity contribution in [1.82, 2.24) is 20.1 Å². The number of carbonyl (C=O) groups excluding carboxylic acids is 1. The smallest absolute Gasteiger partial charge is 0.252 e. The van der Waals surface area contributed by atoms with Crippen LogP contribution in [0.25, 0.3) is 11.9 Å². The number of H-pyrrole nitrogens is 1. The number of aromatic amines is 1. The Balaban J connectivity index is 1.78. The van der Waals surface area contributed by atoms with Gasteiger partial charge in [0.15, 0.2) is 5.83 Å². The zero-order valence-corrected chi connectivity index (χ0v) is 15.8. The van der Waals surface area contributed by atoms with E-state index in [1.165, 1.54) is 6.20 Å². The highest BCUT2D eigenvalue weighted by Gasteiger charge is 2.39. The van der Waals surface area contributed by atoms with Crippen molar-refractivity contribution in [2.24, 2.45) is 0 Å². The van der Waals surface area contributed by atoms with Crippen molar-refractivity contribution in [2.45, 2.75) is 44.6 Å². The molecule has 0 radical (unpaired) electrons. The average Bonchev–Trinajstić information content (AvgIpc) is 3.02. The van der Waals surface area contributed by atoms with E-state index < -0.39 is 17.2 Å². The molecule has 0 spiro atoms. The van der Waals surface area contributed by atoms with Crippen LogP contribution in [0.5, 0.6) is 0 Å². The third-order valence-electron chi connectivity index (χ3n) is 5.58. The van der Waals surface area contributed by atoms with Crippen LogP contribution < -0.4 is 21.4 Å². The molecule has 1 unspecified atom stereocenters. The van der Waals surface area contributed by atoms with Gasteiger partial charge in [-0.15, -0.1) is 0 Å². The Bertz CT molecular complexity index is 1200. The zero-order chi connectivity index (χ0) is 19.9. The Morgan fingerprint density at radius 3 is 2.93 bits per heavy atom. The van der Waals surface area contributed by atoms with Gasteiger partial charge in [-0.05, 0) is 44.8 Å². The second-order valence-electron chi connectivity index (χ2n) is 7.33. The maximum absolute atomic E-state index is 14.3. The maximum Gasteiger partial charge on any atom is 0.252 e. The van der Waals surface area contributed by atoms with Gasteiger partial charge in [0.05, 0.1) is 28.1 Å². The molecule has 0 bridgehead atoms. The lowest BCUT2D eigenvalue weighted by atomic mass is 9.76. The van der Waals surface area contributed by atoms with Crippen LogP contribution in [0.2, 0.25) is 0 Å². The molecule has 144 valence electrons. The lowest BCUT2D eigenvalue weighted by Crippen LogP contribution is -2.49.